The van der Waals surface area contributed by atoms with Crippen LogP contribution in [0.4, 0.5) is 5.69 Å². The molecule has 0 aliphatic carbocycles. The Bertz CT molecular complexity index is 415. The van der Waals surface area contributed by atoms with E-state index in [1.54, 1.807) is 0 Å². The molecule has 0 saturated carbocycles. The van der Waals surface area contributed by atoms with Crippen LogP contribution in [0.2, 0.25) is 0 Å². The van der Waals surface area contributed by atoms with Crippen LogP contribution in [0, 0.1) is 16.7 Å². The SMILES string of the molecule is CC(C)(C#N)CN1CCCc2ccccc21. The molecule has 16 heavy (non-hydrogen) atoms. The van der Waals surface area contributed by atoms with Gasteiger partial charge in [0, 0.05) is 18.8 Å². The van der Waals surface area contributed by atoms with Crippen molar-refractivity contribution < 1.29 is 0 Å². The van der Waals surface area contributed by atoms with Crippen molar-refractivity contribution in [2.24, 2.45) is 5.41 Å². The summed E-state index contributed by atoms with van der Waals surface area (Å²) in [6.07, 6.45) is 2.36. The number of benzene rings is 1. The number of nitriles is 1. The summed E-state index contributed by atoms with van der Waals surface area (Å²) in [5.41, 5.74) is 2.46. The molecule has 2 nitrogen and oxygen atoms in total. The number of nitrogens with zero attached hydrogens (tertiary/aromatic N) is 2. The highest BCUT2D eigenvalue weighted by Crippen LogP contribution is 2.29. The number of fused-ring (bicyclic) bond motifs is 1. The maximum absolute atomic E-state index is 9.10. The van der Waals surface area contributed by atoms with Gasteiger partial charge in [-0.1, -0.05) is 18.2 Å². The summed E-state index contributed by atoms with van der Waals surface area (Å²) in [5, 5.41) is 9.10. The van der Waals surface area contributed by atoms with Crippen molar-refractivity contribution in [3.8, 4) is 6.07 Å². The predicted octanol–water partition coefficient (Wildman–Crippen LogP) is 2.99. The summed E-state index contributed by atoms with van der Waals surface area (Å²) < 4.78 is 0. The zero-order valence-corrected chi connectivity index (χ0v) is 10.0. The van der Waals surface area contributed by atoms with Gasteiger partial charge >= 0.3 is 0 Å². The van der Waals surface area contributed by atoms with Crippen LogP contribution < -0.4 is 4.90 Å². The molecule has 0 unspecified atom stereocenters. The Morgan fingerprint density at radius 2 is 2.12 bits per heavy atom. The second-order valence-electron chi connectivity index (χ2n) is 5.15. The molecule has 0 amide bonds. The summed E-state index contributed by atoms with van der Waals surface area (Å²) in [6.45, 7) is 5.90. The van der Waals surface area contributed by atoms with E-state index in [9.17, 15) is 0 Å². The summed E-state index contributed by atoms with van der Waals surface area (Å²) in [6, 6.07) is 10.9. The third kappa shape index (κ3) is 2.19. The lowest BCUT2D eigenvalue weighted by Crippen LogP contribution is -2.37. The first-order valence-electron chi connectivity index (χ1n) is 5.86. The molecule has 0 saturated heterocycles. The zero-order valence-electron chi connectivity index (χ0n) is 10.0. The number of hydrogen-bond acceptors (Lipinski definition) is 2. The van der Waals surface area contributed by atoms with Gasteiger partial charge in [0.25, 0.3) is 0 Å². The Labute approximate surface area is 97.5 Å². The average molecular weight is 214 g/mol. The highest BCUT2D eigenvalue weighted by atomic mass is 15.1. The molecule has 0 atom stereocenters. The van der Waals surface area contributed by atoms with Gasteiger partial charge in [-0.05, 0) is 38.3 Å². The van der Waals surface area contributed by atoms with Crippen LogP contribution >= 0.6 is 0 Å². The van der Waals surface area contributed by atoms with Crippen molar-refractivity contribution >= 4 is 5.69 Å². The summed E-state index contributed by atoms with van der Waals surface area (Å²) >= 11 is 0. The van der Waals surface area contributed by atoms with E-state index >= 15 is 0 Å². The quantitative estimate of drug-likeness (QED) is 0.756. The topological polar surface area (TPSA) is 27.0 Å². The minimum absolute atomic E-state index is 0.273. The van der Waals surface area contributed by atoms with Crippen molar-refractivity contribution in [3.05, 3.63) is 29.8 Å². The number of hydrogen-bond donors (Lipinski definition) is 0. The molecule has 1 aliphatic heterocycles. The van der Waals surface area contributed by atoms with E-state index in [4.69, 9.17) is 5.26 Å². The molecule has 0 bridgehead atoms. The lowest BCUT2D eigenvalue weighted by molar-refractivity contribution is 0.475. The maximum Gasteiger partial charge on any atom is 0.0702 e. The Morgan fingerprint density at radius 1 is 1.38 bits per heavy atom. The number of rotatable bonds is 2. The van der Waals surface area contributed by atoms with Crippen LogP contribution in [0.5, 0.6) is 0 Å². The second kappa shape index (κ2) is 4.17. The molecule has 1 heterocycles. The highest BCUT2D eigenvalue weighted by Gasteiger charge is 2.24. The van der Waals surface area contributed by atoms with Crippen LogP contribution in [-0.2, 0) is 6.42 Å². The third-order valence-corrected chi connectivity index (χ3v) is 3.10. The molecule has 0 radical (unpaired) electrons. The van der Waals surface area contributed by atoms with Gasteiger partial charge < -0.3 is 4.90 Å². The summed E-state index contributed by atoms with van der Waals surface area (Å²) in [4.78, 5) is 2.35. The van der Waals surface area contributed by atoms with Crippen LogP contribution in [0.15, 0.2) is 24.3 Å². The maximum atomic E-state index is 9.10. The lowest BCUT2D eigenvalue weighted by atomic mass is 9.92. The molecular weight excluding hydrogens is 196 g/mol. The van der Waals surface area contributed by atoms with Crippen molar-refractivity contribution in [2.75, 3.05) is 18.0 Å². The molecule has 2 rings (SSSR count). The Hall–Kier alpha value is -1.49. The molecule has 2 heteroatoms. The normalized spacial score (nSPS) is 15.4. The first-order chi connectivity index (χ1) is 7.62. The lowest BCUT2D eigenvalue weighted by Gasteiger charge is -2.34. The molecule has 0 fully saturated rings. The van der Waals surface area contributed by atoms with E-state index in [2.05, 4.69) is 35.2 Å². The molecule has 1 aliphatic rings. The van der Waals surface area contributed by atoms with Crippen LogP contribution in [0.3, 0.4) is 0 Å². The Morgan fingerprint density at radius 3 is 2.88 bits per heavy atom. The van der Waals surface area contributed by atoms with E-state index in [0.29, 0.717) is 0 Å². The zero-order chi connectivity index (χ0) is 11.6. The van der Waals surface area contributed by atoms with Gasteiger partial charge in [-0.3, -0.25) is 0 Å². The standard InChI is InChI=1S/C14H18N2/c1-14(2,10-15)11-16-9-5-7-12-6-3-4-8-13(12)16/h3-4,6,8H,5,7,9,11H2,1-2H3. The largest absolute Gasteiger partial charge is 0.370 e. The van der Waals surface area contributed by atoms with Gasteiger partial charge in [0.2, 0.25) is 0 Å². The van der Waals surface area contributed by atoms with Gasteiger partial charge in [-0.15, -0.1) is 0 Å². The van der Waals surface area contributed by atoms with Gasteiger partial charge in [0.05, 0.1) is 11.5 Å². The number of aryl methyl sites for hydroxylation is 1. The molecular formula is C14H18N2. The van der Waals surface area contributed by atoms with Crippen LogP contribution in [0.25, 0.3) is 0 Å². The summed E-state index contributed by atoms with van der Waals surface area (Å²) in [5.74, 6) is 0. The molecule has 1 aromatic rings. The minimum atomic E-state index is -0.273. The first kappa shape index (κ1) is 11.0. The smallest absolute Gasteiger partial charge is 0.0702 e. The van der Waals surface area contributed by atoms with Crippen molar-refractivity contribution in [3.63, 3.8) is 0 Å². The molecule has 84 valence electrons. The van der Waals surface area contributed by atoms with Gasteiger partial charge in [0.1, 0.15) is 0 Å². The van der Waals surface area contributed by atoms with Crippen molar-refractivity contribution in [2.45, 2.75) is 26.7 Å². The van der Waals surface area contributed by atoms with E-state index in [0.717, 1.165) is 13.1 Å². The molecule has 0 spiro atoms. The second-order valence-corrected chi connectivity index (χ2v) is 5.15. The first-order valence-corrected chi connectivity index (χ1v) is 5.86. The van der Waals surface area contributed by atoms with Crippen LogP contribution in [-0.4, -0.2) is 13.1 Å². The number of para-hydroxylation sites is 1. The van der Waals surface area contributed by atoms with Gasteiger partial charge in [0.15, 0.2) is 0 Å². The fourth-order valence-electron chi connectivity index (χ4n) is 2.29. The van der Waals surface area contributed by atoms with Crippen molar-refractivity contribution in [1.29, 1.82) is 5.26 Å². The highest BCUT2D eigenvalue weighted by molar-refractivity contribution is 5.55. The average Bonchev–Trinajstić information content (AvgIpc) is 2.29. The monoisotopic (exact) mass is 214 g/mol. The molecule has 0 N–H and O–H groups in total. The van der Waals surface area contributed by atoms with Crippen LogP contribution in [0.1, 0.15) is 25.8 Å². The van der Waals surface area contributed by atoms with Gasteiger partial charge in [-0.2, -0.15) is 5.26 Å². The fourth-order valence-corrected chi connectivity index (χ4v) is 2.29. The van der Waals surface area contributed by atoms with E-state index in [1.807, 2.05) is 13.8 Å². The van der Waals surface area contributed by atoms with E-state index in [1.165, 1.54) is 24.1 Å². The molecule has 0 aromatic heterocycles. The Kier molecular flexibility index (Phi) is 2.87. The Balaban J connectivity index is 2.23. The summed E-state index contributed by atoms with van der Waals surface area (Å²) in [7, 11) is 0. The predicted molar refractivity (Wildman–Crippen MR) is 66.4 cm³/mol. The van der Waals surface area contributed by atoms with E-state index < -0.39 is 0 Å². The van der Waals surface area contributed by atoms with E-state index in [-0.39, 0.29) is 5.41 Å². The molecule has 1 aromatic carbocycles. The number of anilines is 1. The third-order valence-electron chi connectivity index (χ3n) is 3.10. The van der Waals surface area contributed by atoms with Crippen molar-refractivity contribution in [1.82, 2.24) is 0 Å². The fraction of sp³-hybridized carbons (Fsp3) is 0.500. The van der Waals surface area contributed by atoms with Gasteiger partial charge in [-0.25, -0.2) is 0 Å². The minimum Gasteiger partial charge on any atom is -0.370 e.